The molecule has 9 heteroatoms. The molecule has 3 rings (SSSR count). The maximum absolute atomic E-state index is 13.7. The van der Waals surface area contributed by atoms with E-state index in [1.807, 2.05) is 30.3 Å². The number of hydrogen-bond donors (Lipinski definition) is 3. The summed E-state index contributed by atoms with van der Waals surface area (Å²) >= 11 is 0. The van der Waals surface area contributed by atoms with E-state index in [0.717, 1.165) is 5.56 Å². The second-order valence-electron chi connectivity index (χ2n) is 9.60. The summed E-state index contributed by atoms with van der Waals surface area (Å²) in [5.41, 5.74) is -0.332. The Morgan fingerprint density at radius 1 is 1.24 bits per heavy atom. The number of piperazine rings is 1. The van der Waals surface area contributed by atoms with Gasteiger partial charge in [0.15, 0.2) is 0 Å². The van der Waals surface area contributed by atoms with Gasteiger partial charge in [0.05, 0.1) is 13.2 Å². The first-order valence-electron chi connectivity index (χ1n) is 11.9. The quantitative estimate of drug-likeness (QED) is 0.430. The molecule has 0 radical (unpaired) electrons. The minimum absolute atomic E-state index is 0.109. The molecule has 9 nitrogen and oxygen atoms in total. The molecule has 2 fully saturated rings. The number of benzene rings is 1. The average Bonchev–Trinajstić information content (AvgIpc) is 3.51. The fraction of sp³-hybridized carbons (Fsp3) is 0.600. The van der Waals surface area contributed by atoms with Gasteiger partial charge in [0.2, 0.25) is 17.7 Å². The molecule has 186 valence electrons. The number of nitrogens with one attached hydrogen (secondary N) is 3. The van der Waals surface area contributed by atoms with Crippen molar-refractivity contribution in [3.8, 4) is 0 Å². The zero-order valence-electron chi connectivity index (χ0n) is 20.4. The van der Waals surface area contributed by atoms with E-state index in [9.17, 15) is 19.2 Å². The van der Waals surface area contributed by atoms with Crippen molar-refractivity contribution in [2.24, 2.45) is 11.8 Å². The zero-order valence-corrected chi connectivity index (χ0v) is 20.4. The summed E-state index contributed by atoms with van der Waals surface area (Å²) in [6, 6.07) is 8.38. The Bertz CT molecular complexity index is 906. The van der Waals surface area contributed by atoms with E-state index in [1.165, 1.54) is 14.2 Å². The zero-order chi connectivity index (χ0) is 24.9. The lowest BCUT2D eigenvalue weighted by molar-refractivity contribution is -0.149. The number of esters is 1. The van der Waals surface area contributed by atoms with Gasteiger partial charge in [-0.15, -0.1) is 0 Å². The molecule has 1 heterocycles. The van der Waals surface area contributed by atoms with Crippen LogP contribution in [0.15, 0.2) is 30.3 Å². The third-order valence-corrected chi connectivity index (χ3v) is 6.69. The van der Waals surface area contributed by atoms with Crippen LogP contribution in [0.2, 0.25) is 0 Å². The van der Waals surface area contributed by atoms with Crippen LogP contribution >= 0.6 is 0 Å². The molecular formula is C25H36N4O5. The Morgan fingerprint density at radius 2 is 1.94 bits per heavy atom. The van der Waals surface area contributed by atoms with E-state index >= 15 is 0 Å². The molecule has 1 aromatic carbocycles. The van der Waals surface area contributed by atoms with E-state index in [4.69, 9.17) is 4.74 Å². The lowest BCUT2D eigenvalue weighted by Gasteiger charge is -2.39. The van der Waals surface area contributed by atoms with Crippen molar-refractivity contribution in [1.82, 2.24) is 20.9 Å². The number of nitrogens with zero attached hydrogens (tertiary/aromatic N) is 1. The van der Waals surface area contributed by atoms with Crippen LogP contribution in [0.25, 0.3) is 0 Å². The summed E-state index contributed by atoms with van der Waals surface area (Å²) in [6.07, 6.45) is 1.43. The van der Waals surface area contributed by atoms with E-state index < -0.39 is 23.5 Å². The van der Waals surface area contributed by atoms with Crippen LogP contribution in [0.3, 0.4) is 0 Å². The number of hydrogen-bond acceptors (Lipinski definition) is 6. The van der Waals surface area contributed by atoms with Gasteiger partial charge in [-0.1, -0.05) is 44.2 Å². The Hall–Kier alpha value is -2.94. The van der Waals surface area contributed by atoms with Crippen LogP contribution in [-0.2, 0) is 30.3 Å². The van der Waals surface area contributed by atoms with Crippen molar-refractivity contribution in [2.45, 2.75) is 57.2 Å². The van der Waals surface area contributed by atoms with Crippen molar-refractivity contribution in [2.75, 3.05) is 27.2 Å². The van der Waals surface area contributed by atoms with E-state index in [0.29, 0.717) is 38.3 Å². The van der Waals surface area contributed by atoms with E-state index in [1.54, 1.807) is 4.90 Å². The number of methoxy groups -OCH3 is 1. The van der Waals surface area contributed by atoms with Crippen molar-refractivity contribution < 1.29 is 23.9 Å². The van der Waals surface area contributed by atoms with Gasteiger partial charge in [-0.25, -0.2) is 4.79 Å². The van der Waals surface area contributed by atoms with Gasteiger partial charge in [0.25, 0.3) is 0 Å². The highest BCUT2D eigenvalue weighted by atomic mass is 16.5. The maximum Gasteiger partial charge on any atom is 0.331 e. The second kappa shape index (κ2) is 11.0. The molecule has 2 aliphatic rings. The molecule has 0 bridgehead atoms. The number of carbonyl (C=O) groups is 4. The third-order valence-electron chi connectivity index (χ3n) is 6.69. The lowest BCUT2D eigenvalue weighted by Crippen LogP contribution is -2.63. The molecule has 34 heavy (non-hydrogen) atoms. The molecule has 3 amide bonds. The van der Waals surface area contributed by atoms with Crippen molar-refractivity contribution in [3.05, 3.63) is 35.9 Å². The highest BCUT2D eigenvalue weighted by Gasteiger charge is 2.63. The highest BCUT2D eigenvalue weighted by molar-refractivity contribution is 5.96. The van der Waals surface area contributed by atoms with Crippen LogP contribution in [0, 0.1) is 11.8 Å². The molecule has 2 unspecified atom stereocenters. The van der Waals surface area contributed by atoms with Crippen molar-refractivity contribution >= 4 is 23.7 Å². The van der Waals surface area contributed by atoms with Gasteiger partial charge in [-0.05, 0) is 24.3 Å². The first-order valence-corrected chi connectivity index (χ1v) is 11.9. The number of carbonyl (C=O) groups excluding carboxylic acids is 4. The standard InChI is InChI=1S/C25H36N4O5/c1-16(2)12-19-23(32)29(11-10-27-19)20(13-17-8-6-5-7-9-17)22(31)28-25(24(33)34-4)15-18(25)14-21(30)26-3/h5-9,16,18-20,27H,10-15H2,1-4H3,(H,26,30)(H,28,31)/t18?,19-,20-,25?/m0/s1. The summed E-state index contributed by atoms with van der Waals surface area (Å²) in [5.74, 6) is -1.33. The molecule has 1 aliphatic heterocycles. The van der Waals surface area contributed by atoms with Gasteiger partial charge < -0.3 is 25.6 Å². The second-order valence-corrected chi connectivity index (χ2v) is 9.60. The Kier molecular flexibility index (Phi) is 8.30. The van der Waals surface area contributed by atoms with Crippen molar-refractivity contribution in [3.63, 3.8) is 0 Å². The van der Waals surface area contributed by atoms with Crippen LogP contribution in [0.5, 0.6) is 0 Å². The fourth-order valence-corrected chi connectivity index (χ4v) is 4.75. The van der Waals surface area contributed by atoms with Gasteiger partial charge in [-0.3, -0.25) is 14.4 Å². The average molecular weight is 473 g/mol. The first kappa shape index (κ1) is 25.7. The van der Waals surface area contributed by atoms with Gasteiger partial charge >= 0.3 is 5.97 Å². The summed E-state index contributed by atoms with van der Waals surface area (Å²) in [6.45, 7) is 5.10. The normalized spacial score (nSPS) is 25.0. The predicted molar refractivity (Wildman–Crippen MR) is 127 cm³/mol. The number of rotatable bonds is 10. The van der Waals surface area contributed by atoms with Crippen LogP contribution in [0.1, 0.15) is 38.7 Å². The van der Waals surface area contributed by atoms with Gasteiger partial charge in [-0.2, -0.15) is 0 Å². The van der Waals surface area contributed by atoms with Crippen LogP contribution < -0.4 is 16.0 Å². The summed E-state index contributed by atoms with van der Waals surface area (Å²) in [7, 11) is 2.80. The Morgan fingerprint density at radius 3 is 2.56 bits per heavy atom. The highest BCUT2D eigenvalue weighted by Crippen LogP contribution is 2.47. The van der Waals surface area contributed by atoms with E-state index in [-0.39, 0.29) is 30.2 Å². The monoisotopic (exact) mass is 472 g/mol. The largest absolute Gasteiger partial charge is 0.467 e. The SMILES string of the molecule is CNC(=O)CC1CC1(NC(=O)[C@H](Cc1ccccc1)N1CCN[C@@H](CC(C)C)C1=O)C(=O)OC. The third kappa shape index (κ3) is 5.75. The molecule has 0 spiro atoms. The number of amides is 3. The first-order chi connectivity index (χ1) is 16.2. The Labute approximate surface area is 201 Å². The predicted octanol–water partition coefficient (Wildman–Crippen LogP) is 0.628. The smallest absolute Gasteiger partial charge is 0.331 e. The molecule has 4 atom stereocenters. The summed E-state index contributed by atoms with van der Waals surface area (Å²) < 4.78 is 4.97. The van der Waals surface area contributed by atoms with Crippen LogP contribution in [0.4, 0.5) is 0 Å². The molecule has 1 saturated heterocycles. The molecule has 3 N–H and O–H groups in total. The van der Waals surface area contributed by atoms with Gasteiger partial charge in [0, 0.05) is 38.9 Å². The molecule has 0 aromatic heterocycles. The van der Waals surface area contributed by atoms with E-state index in [2.05, 4.69) is 29.8 Å². The topological polar surface area (TPSA) is 117 Å². The van der Waals surface area contributed by atoms with Crippen LogP contribution in [-0.4, -0.2) is 73.5 Å². The molecular weight excluding hydrogens is 436 g/mol. The fourth-order valence-electron chi connectivity index (χ4n) is 4.75. The molecule has 1 saturated carbocycles. The van der Waals surface area contributed by atoms with Crippen molar-refractivity contribution in [1.29, 1.82) is 0 Å². The summed E-state index contributed by atoms with van der Waals surface area (Å²) in [4.78, 5) is 53.2. The number of ether oxygens (including phenoxy) is 1. The minimum atomic E-state index is -1.25. The molecule has 1 aromatic rings. The molecule has 1 aliphatic carbocycles. The minimum Gasteiger partial charge on any atom is -0.467 e. The lowest BCUT2D eigenvalue weighted by atomic mass is 9.97. The van der Waals surface area contributed by atoms with Gasteiger partial charge in [0.1, 0.15) is 11.6 Å². The maximum atomic E-state index is 13.7. The Balaban J connectivity index is 1.85. The summed E-state index contributed by atoms with van der Waals surface area (Å²) in [5, 5.41) is 8.71.